The third-order valence-electron chi connectivity index (χ3n) is 0. The Labute approximate surface area is 126 Å². The standard InChI is InChI=1S/2CH2O2.8H2N.H2O.2Ru/c2*2-1-3;;;;;;;;;;;/h2*1H,(H,2,3);9*1H2;;/q;;8*-1;;2*+4. The van der Waals surface area contributed by atoms with Gasteiger partial charge in [-0.1, -0.05) is 0 Å². The molecule has 0 amide bonds. The first-order valence-electron chi connectivity index (χ1n) is 0.988. The molecule has 0 atom stereocenters. The van der Waals surface area contributed by atoms with Gasteiger partial charge in [-0.2, -0.15) is 0 Å². The van der Waals surface area contributed by atoms with Crippen LogP contribution in [-0.4, -0.2) is 28.6 Å². The minimum Gasteiger partial charge on any atom is -0.693 e. The first-order chi connectivity index (χ1) is 2.83. The van der Waals surface area contributed by atoms with Crippen LogP contribution in [0.25, 0.3) is 49.2 Å². The molecule has 0 aliphatic carbocycles. The first kappa shape index (κ1) is 288. The molecule has 0 heterocycles. The number of nitrogens with two attached hydrogens (primary N) is 8. The number of hydrogen-bond donors (Lipinski definition) is 2. The van der Waals surface area contributed by atoms with Crippen LogP contribution >= 0.6 is 0 Å². The van der Waals surface area contributed by atoms with E-state index in [1.54, 1.807) is 0 Å². The fraction of sp³-hybridized carbons (Fsp3) is 0. The number of carbonyl (C=O) groups is 2. The predicted molar refractivity (Wildman–Crippen MR) is 63.3 cm³/mol. The summed E-state index contributed by atoms with van der Waals surface area (Å²) in [6.07, 6.45) is 0. The summed E-state index contributed by atoms with van der Waals surface area (Å²) in [5, 5.41) is 13.8. The van der Waals surface area contributed by atoms with Crippen molar-refractivity contribution in [2.45, 2.75) is 0 Å². The Bertz CT molecular complexity index is 50.9. The number of rotatable bonds is 0. The maximum Gasteiger partial charge on any atom is 4.00 e. The van der Waals surface area contributed by atoms with Gasteiger partial charge in [0.15, 0.2) is 0 Å². The quantitative estimate of drug-likeness (QED) is 0.410. The van der Waals surface area contributed by atoms with Crippen molar-refractivity contribution in [3.63, 3.8) is 0 Å². The molecule has 0 bridgehead atoms. The molecule has 17 heavy (non-hydrogen) atoms. The zero-order chi connectivity index (χ0) is 5.41. The summed E-state index contributed by atoms with van der Waals surface area (Å²) in [7, 11) is 0. The predicted octanol–water partition coefficient (Wildman–Crippen LogP) is 4.31. The van der Waals surface area contributed by atoms with E-state index in [9.17, 15) is 0 Å². The van der Waals surface area contributed by atoms with Crippen LogP contribution in [0.15, 0.2) is 0 Å². The van der Waals surface area contributed by atoms with E-state index in [1.807, 2.05) is 0 Å². The average Bonchev–Trinajstić information content (AvgIpc) is 1.39. The molecular weight excluding hydrogens is 418 g/mol. The fourth-order valence-electron chi connectivity index (χ4n) is 0. The molecule has 0 radical (unpaired) electrons. The van der Waals surface area contributed by atoms with Crippen molar-refractivity contribution in [3.8, 4) is 0 Å². The molecule has 0 aromatic rings. The summed E-state index contributed by atoms with van der Waals surface area (Å²) >= 11 is 0. The van der Waals surface area contributed by atoms with E-state index in [1.165, 1.54) is 0 Å². The van der Waals surface area contributed by atoms with Crippen molar-refractivity contribution in [3.05, 3.63) is 49.2 Å². The van der Waals surface area contributed by atoms with Gasteiger partial charge in [0.05, 0.1) is 0 Å². The van der Waals surface area contributed by atoms with Crippen LogP contribution in [0.5, 0.6) is 0 Å². The van der Waals surface area contributed by atoms with E-state index in [-0.39, 0.29) is 107 Å². The topological polar surface area (TPSA) is 374 Å². The van der Waals surface area contributed by atoms with Gasteiger partial charge in [0, 0.05) is 0 Å². The second-order valence-electron chi connectivity index (χ2n) is 0.211. The van der Waals surface area contributed by atoms with Crippen LogP contribution in [0.4, 0.5) is 0 Å². The van der Waals surface area contributed by atoms with E-state index in [0.717, 1.165) is 0 Å². The van der Waals surface area contributed by atoms with E-state index >= 15 is 0 Å². The molecule has 0 aliphatic rings. The maximum absolute atomic E-state index is 8.36. The molecule has 20 N–H and O–H groups in total. The van der Waals surface area contributed by atoms with Crippen molar-refractivity contribution in [1.82, 2.24) is 0 Å². The van der Waals surface area contributed by atoms with Crippen molar-refractivity contribution in [2.75, 3.05) is 0 Å². The van der Waals surface area contributed by atoms with Gasteiger partial charge >= 0.3 is 39.0 Å². The Balaban J connectivity index is -0.00000000104. The van der Waals surface area contributed by atoms with Crippen molar-refractivity contribution < 1.29 is 64.2 Å². The molecular formula is C2H22N8O5Ru2. The molecule has 0 rings (SSSR count). The summed E-state index contributed by atoms with van der Waals surface area (Å²) in [4.78, 5) is 16.7. The van der Waals surface area contributed by atoms with Gasteiger partial charge in [-0.3, -0.25) is 9.59 Å². The van der Waals surface area contributed by atoms with Crippen LogP contribution in [0.3, 0.4) is 0 Å². The molecule has 0 saturated heterocycles. The Kier molecular flexibility index (Phi) is 17700. The third-order valence-corrected chi connectivity index (χ3v) is 0. The normalized spacial score (nSPS) is 1.41. The Hall–Kier alpha value is -0.173. The third kappa shape index (κ3) is 101000. The molecule has 0 spiro atoms. The van der Waals surface area contributed by atoms with Crippen molar-refractivity contribution in [2.24, 2.45) is 0 Å². The largest absolute Gasteiger partial charge is 4.00 e. The van der Waals surface area contributed by atoms with Crippen LogP contribution < -0.4 is 0 Å². The first-order valence-corrected chi connectivity index (χ1v) is 0.988. The van der Waals surface area contributed by atoms with Crippen molar-refractivity contribution in [1.29, 1.82) is 0 Å². The molecule has 116 valence electrons. The minimum absolute atomic E-state index is 0. The van der Waals surface area contributed by atoms with Gasteiger partial charge in [-0.15, -0.1) is 0 Å². The smallest absolute Gasteiger partial charge is 0.693 e. The zero-order valence-corrected chi connectivity index (χ0v) is 12.2. The van der Waals surface area contributed by atoms with Crippen LogP contribution in [0.2, 0.25) is 0 Å². The van der Waals surface area contributed by atoms with Crippen LogP contribution in [-0.2, 0) is 48.5 Å². The maximum atomic E-state index is 8.36. The van der Waals surface area contributed by atoms with Gasteiger partial charge in [-0.05, 0) is 0 Å². The summed E-state index contributed by atoms with van der Waals surface area (Å²) in [5.41, 5.74) is 0. The minimum atomic E-state index is -0.250. The van der Waals surface area contributed by atoms with Crippen molar-refractivity contribution >= 4 is 12.9 Å². The second kappa shape index (κ2) is 1040. The molecule has 0 saturated carbocycles. The van der Waals surface area contributed by atoms with Gasteiger partial charge in [0.1, 0.15) is 0 Å². The molecule has 15 heteroatoms. The SMILES string of the molecule is O.O=CO.O=CO.[NH2-].[NH2-].[NH2-].[NH2-].[NH2-].[NH2-].[NH2-].[NH2-].[Ru+4].[Ru+4]. The van der Waals surface area contributed by atoms with E-state index in [2.05, 4.69) is 0 Å². The van der Waals surface area contributed by atoms with E-state index in [0.29, 0.717) is 0 Å². The van der Waals surface area contributed by atoms with Gasteiger partial charge < -0.3 is 64.9 Å². The molecule has 13 nitrogen and oxygen atoms in total. The van der Waals surface area contributed by atoms with E-state index < -0.39 is 0 Å². The summed E-state index contributed by atoms with van der Waals surface area (Å²) < 4.78 is 0. The Morgan fingerprint density at radius 3 is 0.529 bits per heavy atom. The zero-order valence-electron chi connectivity index (χ0n) is 8.69. The molecule has 0 unspecified atom stereocenters. The average molecular weight is 440 g/mol. The molecule has 0 fully saturated rings. The monoisotopic (exact) mass is 442 g/mol. The Morgan fingerprint density at radius 1 is 0.529 bits per heavy atom. The molecule has 0 aromatic carbocycles. The van der Waals surface area contributed by atoms with Gasteiger partial charge in [-0.25, -0.2) is 0 Å². The number of carboxylic acid groups (broad SMARTS) is 2. The second-order valence-corrected chi connectivity index (χ2v) is 0.211. The van der Waals surface area contributed by atoms with Gasteiger partial charge in [0.2, 0.25) is 0 Å². The summed E-state index contributed by atoms with van der Waals surface area (Å²) in [6.45, 7) is -0.500. The summed E-state index contributed by atoms with van der Waals surface area (Å²) in [5.74, 6) is 0. The number of hydrogen-bond acceptors (Lipinski definition) is 2. The molecule has 0 aromatic heterocycles. The summed E-state index contributed by atoms with van der Waals surface area (Å²) in [6, 6.07) is 0. The van der Waals surface area contributed by atoms with Gasteiger partial charge in [0.25, 0.3) is 12.9 Å². The van der Waals surface area contributed by atoms with Crippen LogP contribution in [0.1, 0.15) is 0 Å². The fourth-order valence-corrected chi connectivity index (χ4v) is 0. The van der Waals surface area contributed by atoms with Crippen LogP contribution in [0, 0.1) is 0 Å². The Morgan fingerprint density at radius 2 is 0.529 bits per heavy atom. The van der Waals surface area contributed by atoms with E-state index in [4.69, 9.17) is 19.8 Å². The molecule has 0 aliphatic heterocycles.